The molecule has 0 aromatic heterocycles. The first-order chi connectivity index (χ1) is 9.09. The highest BCUT2D eigenvalue weighted by Gasteiger charge is 2.55. The van der Waals surface area contributed by atoms with Gasteiger partial charge in [-0.1, -0.05) is 38.5 Å². The molecule has 0 radical (unpaired) electrons. The molecule has 2 atom stereocenters. The smallest absolute Gasteiger partial charge is 0.205 e. The topological polar surface area (TPSA) is 55.7 Å². The monoisotopic (exact) mass is 295 g/mol. The predicted molar refractivity (Wildman–Crippen MR) is 79.6 cm³/mol. The molecule has 1 heterocycles. The number of sulfone groups is 1. The highest BCUT2D eigenvalue weighted by molar-refractivity contribution is 7.92. The van der Waals surface area contributed by atoms with E-state index in [0.29, 0.717) is 0 Å². The Morgan fingerprint density at radius 1 is 1.20 bits per heavy atom. The Hall–Kier alpha value is -1.36. The van der Waals surface area contributed by atoms with E-state index in [4.69, 9.17) is 4.74 Å². The number of nitrogens with zero attached hydrogens (tertiary/aromatic N) is 1. The van der Waals surface area contributed by atoms with Crippen molar-refractivity contribution in [2.75, 3.05) is 0 Å². The van der Waals surface area contributed by atoms with Gasteiger partial charge >= 0.3 is 0 Å². The number of hydrogen-bond donors (Lipinski definition) is 0. The van der Waals surface area contributed by atoms with Gasteiger partial charge in [0.05, 0.1) is 4.90 Å². The molecule has 5 heteroatoms. The minimum absolute atomic E-state index is 0.284. The van der Waals surface area contributed by atoms with E-state index in [1.807, 2.05) is 27.7 Å². The van der Waals surface area contributed by atoms with E-state index in [1.165, 1.54) is 6.40 Å². The second-order valence-electron chi connectivity index (χ2n) is 6.44. The molecule has 1 aromatic rings. The van der Waals surface area contributed by atoms with Gasteiger partial charge in [0, 0.05) is 5.41 Å². The fraction of sp³-hybridized carbons (Fsp3) is 0.533. The van der Waals surface area contributed by atoms with Crippen molar-refractivity contribution in [1.29, 1.82) is 0 Å². The number of rotatable bonds is 2. The molecule has 2 rings (SSSR count). The number of aryl methyl sites for hydroxylation is 1. The number of ether oxygens (including phenoxy) is 1. The zero-order valence-electron chi connectivity index (χ0n) is 12.5. The molecule has 0 spiro atoms. The largest absolute Gasteiger partial charge is 0.473 e. The van der Waals surface area contributed by atoms with Crippen LogP contribution in [0.25, 0.3) is 0 Å². The maximum Gasteiger partial charge on any atom is 0.205 e. The third-order valence-electron chi connectivity index (χ3n) is 4.10. The molecule has 0 aliphatic carbocycles. The van der Waals surface area contributed by atoms with Crippen molar-refractivity contribution in [3.05, 3.63) is 29.8 Å². The van der Waals surface area contributed by atoms with E-state index in [0.717, 1.165) is 5.56 Å². The first kappa shape index (κ1) is 15.0. The second kappa shape index (κ2) is 4.58. The maximum atomic E-state index is 12.8. The minimum atomic E-state index is -3.57. The summed E-state index contributed by atoms with van der Waals surface area (Å²) in [6.45, 7) is 9.60. The SMILES string of the molecule is Cc1ccc(S(=O)(=O)[C@@H]2N=CO[C@@]2(C)C(C)(C)C)cc1. The lowest BCUT2D eigenvalue weighted by atomic mass is 9.77. The highest BCUT2D eigenvalue weighted by atomic mass is 32.2. The molecule has 0 amide bonds. The van der Waals surface area contributed by atoms with E-state index >= 15 is 0 Å². The van der Waals surface area contributed by atoms with Crippen molar-refractivity contribution < 1.29 is 13.2 Å². The molecule has 0 unspecified atom stereocenters. The lowest BCUT2D eigenvalue weighted by Crippen LogP contribution is -2.51. The molecule has 1 aliphatic rings. The van der Waals surface area contributed by atoms with Crippen molar-refractivity contribution in [3.63, 3.8) is 0 Å². The van der Waals surface area contributed by atoms with Gasteiger partial charge in [-0.05, 0) is 26.0 Å². The summed E-state index contributed by atoms with van der Waals surface area (Å²) in [6, 6.07) is 6.84. The summed E-state index contributed by atoms with van der Waals surface area (Å²) in [5.41, 5.74) is -0.212. The first-order valence-electron chi connectivity index (χ1n) is 6.59. The summed E-state index contributed by atoms with van der Waals surface area (Å²) in [6.07, 6.45) is 1.27. The van der Waals surface area contributed by atoms with Gasteiger partial charge in [0.2, 0.25) is 9.84 Å². The van der Waals surface area contributed by atoms with Crippen LogP contribution in [0.3, 0.4) is 0 Å². The summed E-state index contributed by atoms with van der Waals surface area (Å²) >= 11 is 0. The van der Waals surface area contributed by atoms with Crippen molar-refractivity contribution in [1.82, 2.24) is 0 Å². The van der Waals surface area contributed by atoms with Gasteiger partial charge in [0.1, 0.15) is 5.60 Å². The van der Waals surface area contributed by atoms with Gasteiger partial charge in [-0.3, -0.25) is 0 Å². The quantitative estimate of drug-likeness (QED) is 0.843. The van der Waals surface area contributed by atoms with E-state index in [1.54, 1.807) is 31.2 Å². The van der Waals surface area contributed by atoms with Crippen molar-refractivity contribution in [3.8, 4) is 0 Å². The fourth-order valence-electron chi connectivity index (χ4n) is 2.18. The van der Waals surface area contributed by atoms with Crippen LogP contribution in [0.1, 0.15) is 33.3 Å². The molecule has 1 aliphatic heterocycles. The lowest BCUT2D eigenvalue weighted by molar-refractivity contribution is -0.00655. The van der Waals surface area contributed by atoms with E-state index in [2.05, 4.69) is 4.99 Å². The third kappa shape index (κ3) is 2.24. The second-order valence-corrected chi connectivity index (χ2v) is 8.45. The van der Waals surface area contributed by atoms with E-state index in [9.17, 15) is 8.42 Å². The summed E-state index contributed by atoms with van der Waals surface area (Å²) in [5.74, 6) is 0. The number of benzene rings is 1. The van der Waals surface area contributed by atoms with Gasteiger partial charge in [-0.15, -0.1) is 0 Å². The van der Waals surface area contributed by atoms with E-state index in [-0.39, 0.29) is 10.3 Å². The van der Waals surface area contributed by atoms with Crippen LogP contribution in [0, 0.1) is 12.3 Å². The molecule has 0 saturated carbocycles. The van der Waals surface area contributed by atoms with Gasteiger partial charge in [-0.25, -0.2) is 13.4 Å². The average molecular weight is 295 g/mol. The molecule has 0 fully saturated rings. The molecular formula is C15H21NO3S. The van der Waals surface area contributed by atoms with E-state index < -0.39 is 20.8 Å². The van der Waals surface area contributed by atoms with Crippen molar-refractivity contribution in [2.24, 2.45) is 10.4 Å². The Balaban J connectivity index is 2.49. The van der Waals surface area contributed by atoms with Crippen LogP contribution in [-0.4, -0.2) is 25.8 Å². The molecule has 0 saturated heterocycles. The molecule has 0 N–H and O–H groups in total. The summed E-state index contributed by atoms with van der Waals surface area (Å²) in [4.78, 5) is 4.37. The lowest BCUT2D eigenvalue weighted by Gasteiger charge is -2.40. The predicted octanol–water partition coefficient (Wildman–Crippen LogP) is 2.96. The normalized spacial score (nSPS) is 26.6. The van der Waals surface area contributed by atoms with Crippen molar-refractivity contribution >= 4 is 16.2 Å². The first-order valence-corrected chi connectivity index (χ1v) is 8.14. The van der Waals surface area contributed by atoms with Crippen LogP contribution in [-0.2, 0) is 14.6 Å². The van der Waals surface area contributed by atoms with Crippen LogP contribution in [0.2, 0.25) is 0 Å². The van der Waals surface area contributed by atoms with Gasteiger partial charge in [-0.2, -0.15) is 0 Å². The molecule has 20 heavy (non-hydrogen) atoms. The molecule has 1 aromatic carbocycles. The minimum Gasteiger partial charge on any atom is -0.473 e. The zero-order chi connectivity index (χ0) is 15.2. The van der Waals surface area contributed by atoms with Crippen molar-refractivity contribution in [2.45, 2.75) is 50.5 Å². The Bertz CT molecular complexity index is 626. The van der Waals surface area contributed by atoms with Crippen LogP contribution < -0.4 is 0 Å². The Morgan fingerprint density at radius 2 is 1.75 bits per heavy atom. The van der Waals surface area contributed by atoms with Crippen LogP contribution in [0.4, 0.5) is 0 Å². The summed E-state index contributed by atoms with van der Waals surface area (Å²) in [5, 5.41) is -0.919. The average Bonchev–Trinajstić information content (AvgIpc) is 2.73. The Morgan fingerprint density at radius 3 is 2.25 bits per heavy atom. The zero-order valence-corrected chi connectivity index (χ0v) is 13.4. The fourth-order valence-corrected chi connectivity index (χ4v) is 4.16. The highest BCUT2D eigenvalue weighted by Crippen LogP contribution is 2.43. The number of hydrogen-bond acceptors (Lipinski definition) is 4. The number of aliphatic imine (C=N–C) groups is 1. The third-order valence-corrected chi connectivity index (χ3v) is 6.19. The summed E-state index contributed by atoms with van der Waals surface area (Å²) < 4.78 is 31.2. The molecule has 0 bridgehead atoms. The maximum absolute atomic E-state index is 12.8. The Labute approximate surface area is 120 Å². The molecule has 110 valence electrons. The molecule has 4 nitrogen and oxygen atoms in total. The van der Waals surface area contributed by atoms with Crippen LogP contribution in [0.15, 0.2) is 34.2 Å². The van der Waals surface area contributed by atoms with Gasteiger partial charge < -0.3 is 4.74 Å². The van der Waals surface area contributed by atoms with Crippen LogP contribution >= 0.6 is 0 Å². The van der Waals surface area contributed by atoms with Gasteiger partial charge in [0.25, 0.3) is 0 Å². The summed E-state index contributed by atoms with van der Waals surface area (Å²) in [7, 11) is -3.57. The standard InChI is InChI=1S/C15H21NO3S/c1-11-6-8-12(9-7-11)20(17,18)13-15(5,14(2,3)4)19-10-16-13/h6-10,13H,1-5H3/t13-,15+/m0/s1. The van der Waals surface area contributed by atoms with Crippen LogP contribution in [0.5, 0.6) is 0 Å². The Kier molecular flexibility index (Phi) is 3.45. The van der Waals surface area contributed by atoms with Gasteiger partial charge in [0.15, 0.2) is 11.8 Å². The molecular weight excluding hydrogens is 274 g/mol.